The van der Waals surface area contributed by atoms with Crippen LogP contribution in [-0.4, -0.2) is 37.0 Å². The van der Waals surface area contributed by atoms with Crippen molar-refractivity contribution in [1.29, 1.82) is 0 Å². The van der Waals surface area contributed by atoms with Crippen LogP contribution in [0.5, 0.6) is 0 Å². The minimum absolute atomic E-state index is 0.0246. The van der Waals surface area contributed by atoms with E-state index in [-0.39, 0.29) is 5.91 Å². The standard InChI is InChI=1S/C16H22BrIN2O/c17-13-6-7-15(18)14(12-13)16(21)19-8-5-11-20-9-3-1-2-4-10-20/h6-7,12H,1-5,8-11H2,(H,19,21). The van der Waals surface area contributed by atoms with Crippen LogP contribution in [-0.2, 0) is 0 Å². The first-order valence-electron chi connectivity index (χ1n) is 7.62. The third-order valence-electron chi connectivity index (χ3n) is 3.81. The molecule has 1 saturated heterocycles. The quantitative estimate of drug-likeness (QED) is 0.526. The number of rotatable bonds is 5. The molecule has 1 aromatic carbocycles. The first-order valence-corrected chi connectivity index (χ1v) is 9.49. The number of carbonyl (C=O) groups excluding carboxylic acids is 1. The lowest BCUT2D eigenvalue weighted by atomic mass is 10.2. The van der Waals surface area contributed by atoms with Crippen LogP contribution < -0.4 is 5.32 Å². The first kappa shape index (κ1) is 17.2. The maximum absolute atomic E-state index is 12.2. The summed E-state index contributed by atoms with van der Waals surface area (Å²) in [5.74, 6) is 0.0246. The summed E-state index contributed by atoms with van der Waals surface area (Å²) in [5, 5.41) is 3.03. The van der Waals surface area contributed by atoms with E-state index >= 15 is 0 Å². The fraction of sp³-hybridized carbons (Fsp3) is 0.562. The fourth-order valence-electron chi connectivity index (χ4n) is 2.63. The highest BCUT2D eigenvalue weighted by Crippen LogP contribution is 2.18. The summed E-state index contributed by atoms with van der Waals surface area (Å²) in [4.78, 5) is 14.7. The molecule has 3 nitrogen and oxygen atoms in total. The summed E-state index contributed by atoms with van der Waals surface area (Å²) < 4.78 is 1.93. The highest BCUT2D eigenvalue weighted by atomic mass is 127. The van der Waals surface area contributed by atoms with Gasteiger partial charge in [0.1, 0.15) is 0 Å². The molecule has 0 atom stereocenters. The zero-order chi connectivity index (χ0) is 15.1. The molecule has 1 aliphatic rings. The second kappa shape index (κ2) is 9.10. The van der Waals surface area contributed by atoms with Crippen molar-refractivity contribution in [2.24, 2.45) is 0 Å². The lowest BCUT2D eigenvalue weighted by Crippen LogP contribution is -2.30. The second-order valence-electron chi connectivity index (χ2n) is 5.49. The summed E-state index contributed by atoms with van der Waals surface area (Å²) in [6.45, 7) is 4.28. The number of carbonyl (C=O) groups is 1. The lowest BCUT2D eigenvalue weighted by Gasteiger charge is -2.19. The van der Waals surface area contributed by atoms with Gasteiger partial charge in [-0.25, -0.2) is 0 Å². The van der Waals surface area contributed by atoms with Crippen LogP contribution in [0, 0.1) is 3.57 Å². The van der Waals surface area contributed by atoms with Crippen LogP contribution in [0.3, 0.4) is 0 Å². The van der Waals surface area contributed by atoms with Crippen LogP contribution in [0.4, 0.5) is 0 Å². The molecule has 5 heteroatoms. The molecule has 21 heavy (non-hydrogen) atoms. The van der Waals surface area contributed by atoms with Gasteiger partial charge < -0.3 is 10.2 Å². The minimum Gasteiger partial charge on any atom is -0.352 e. The molecular formula is C16H22BrIN2O. The minimum atomic E-state index is 0.0246. The van der Waals surface area contributed by atoms with E-state index in [0.29, 0.717) is 0 Å². The van der Waals surface area contributed by atoms with Crippen molar-refractivity contribution >= 4 is 44.4 Å². The molecule has 0 aromatic heterocycles. The number of benzene rings is 1. The summed E-state index contributed by atoms with van der Waals surface area (Å²) in [6, 6.07) is 5.79. The Morgan fingerprint density at radius 3 is 2.67 bits per heavy atom. The Balaban J connectivity index is 1.72. The van der Waals surface area contributed by atoms with Crippen LogP contribution in [0.15, 0.2) is 22.7 Å². The zero-order valence-electron chi connectivity index (χ0n) is 12.2. The molecule has 0 saturated carbocycles. The molecule has 1 aromatic rings. The Labute approximate surface area is 149 Å². The Bertz CT molecular complexity index is 473. The summed E-state index contributed by atoms with van der Waals surface area (Å²) in [7, 11) is 0. The van der Waals surface area contributed by atoms with Crippen LogP contribution in [0.1, 0.15) is 42.5 Å². The molecule has 0 spiro atoms. The number of hydrogen-bond acceptors (Lipinski definition) is 2. The Morgan fingerprint density at radius 2 is 1.95 bits per heavy atom. The van der Waals surface area contributed by atoms with Gasteiger partial charge >= 0.3 is 0 Å². The van der Waals surface area contributed by atoms with Crippen LogP contribution in [0.25, 0.3) is 0 Å². The van der Waals surface area contributed by atoms with Crippen molar-refractivity contribution in [1.82, 2.24) is 10.2 Å². The fourth-order valence-corrected chi connectivity index (χ4v) is 3.57. The average Bonchev–Trinajstić information content (AvgIpc) is 2.74. The molecule has 0 radical (unpaired) electrons. The van der Waals surface area contributed by atoms with Crippen molar-refractivity contribution in [2.45, 2.75) is 32.1 Å². The number of amides is 1. The van der Waals surface area contributed by atoms with Gasteiger partial charge in [-0.3, -0.25) is 4.79 Å². The Morgan fingerprint density at radius 1 is 1.24 bits per heavy atom. The largest absolute Gasteiger partial charge is 0.352 e. The third kappa shape index (κ3) is 5.87. The second-order valence-corrected chi connectivity index (χ2v) is 7.57. The van der Waals surface area contributed by atoms with Crippen molar-refractivity contribution in [3.63, 3.8) is 0 Å². The summed E-state index contributed by atoms with van der Waals surface area (Å²) >= 11 is 5.62. The number of nitrogens with zero attached hydrogens (tertiary/aromatic N) is 1. The van der Waals surface area contributed by atoms with Crippen LogP contribution >= 0.6 is 38.5 Å². The zero-order valence-corrected chi connectivity index (χ0v) is 16.0. The number of halogens is 2. The van der Waals surface area contributed by atoms with E-state index in [1.54, 1.807) is 0 Å². The van der Waals surface area contributed by atoms with E-state index < -0.39 is 0 Å². The third-order valence-corrected chi connectivity index (χ3v) is 5.24. The van der Waals surface area contributed by atoms with Gasteiger partial charge in [0, 0.05) is 14.6 Å². The van der Waals surface area contributed by atoms with Crippen molar-refractivity contribution < 1.29 is 4.79 Å². The van der Waals surface area contributed by atoms with E-state index in [4.69, 9.17) is 0 Å². The van der Waals surface area contributed by atoms with Gasteiger partial charge in [0.25, 0.3) is 5.91 Å². The van der Waals surface area contributed by atoms with Gasteiger partial charge in [-0.1, -0.05) is 28.8 Å². The van der Waals surface area contributed by atoms with E-state index in [1.165, 1.54) is 38.8 Å². The topological polar surface area (TPSA) is 32.3 Å². The molecule has 1 fully saturated rings. The van der Waals surface area contributed by atoms with Gasteiger partial charge in [-0.2, -0.15) is 0 Å². The molecule has 1 aliphatic heterocycles. The normalized spacial score (nSPS) is 16.5. The van der Waals surface area contributed by atoms with Crippen LogP contribution in [0.2, 0.25) is 0 Å². The maximum atomic E-state index is 12.2. The molecule has 116 valence electrons. The molecule has 1 heterocycles. The number of hydrogen-bond donors (Lipinski definition) is 1. The number of likely N-dealkylation sites (tertiary alicyclic amines) is 1. The maximum Gasteiger partial charge on any atom is 0.252 e. The Hall–Kier alpha value is -0.140. The van der Waals surface area contributed by atoms with Gasteiger partial charge in [0.2, 0.25) is 0 Å². The van der Waals surface area contributed by atoms with Gasteiger partial charge in [-0.05, 0) is 79.7 Å². The molecule has 0 bridgehead atoms. The van der Waals surface area contributed by atoms with E-state index in [2.05, 4.69) is 48.7 Å². The van der Waals surface area contributed by atoms with E-state index in [0.717, 1.165) is 33.1 Å². The predicted octanol–water partition coefficient (Wildman–Crippen LogP) is 4.05. The van der Waals surface area contributed by atoms with E-state index in [1.807, 2.05) is 18.2 Å². The highest BCUT2D eigenvalue weighted by molar-refractivity contribution is 14.1. The average molecular weight is 465 g/mol. The highest BCUT2D eigenvalue weighted by Gasteiger charge is 2.11. The van der Waals surface area contributed by atoms with Crippen molar-refractivity contribution in [3.05, 3.63) is 31.8 Å². The molecule has 0 aliphatic carbocycles. The lowest BCUT2D eigenvalue weighted by molar-refractivity contribution is 0.0950. The smallest absolute Gasteiger partial charge is 0.252 e. The number of nitrogens with one attached hydrogen (secondary N) is 1. The first-order chi connectivity index (χ1) is 10.2. The summed E-state index contributed by atoms with van der Waals surface area (Å²) in [6.07, 6.45) is 6.41. The molecule has 1 N–H and O–H groups in total. The molecule has 2 rings (SSSR count). The summed E-state index contributed by atoms with van der Waals surface area (Å²) in [5.41, 5.74) is 0.750. The van der Waals surface area contributed by atoms with Gasteiger partial charge in [-0.15, -0.1) is 0 Å². The molecule has 0 unspecified atom stereocenters. The molecular weight excluding hydrogens is 443 g/mol. The van der Waals surface area contributed by atoms with Gasteiger partial charge in [0.05, 0.1) is 5.56 Å². The van der Waals surface area contributed by atoms with Gasteiger partial charge in [0.15, 0.2) is 0 Å². The van der Waals surface area contributed by atoms with Crippen molar-refractivity contribution in [2.75, 3.05) is 26.2 Å². The SMILES string of the molecule is O=C(NCCCN1CCCCCC1)c1cc(Br)ccc1I. The molecule has 1 amide bonds. The predicted molar refractivity (Wildman–Crippen MR) is 98.7 cm³/mol. The van der Waals surface area contributed by atoms with Crippen molar-refractivity contribution in [3.8, 4) is 0 Å². The van der Waals surface area contributed by atoms with E-state index in [9.17, 15) is 4.79 Å². The Kier molecular flexibility index (Phi) is 7.46. The monoisotopic (exact) mass is 464 g/mol.